The average molecular weight is 529 g/mol. The van der Waals surface area contributed by atoms with Crippen molar-refractivity contribution in [1.82, 2.24) is 0 Å². The number of benzene rings is 3. The van der Waals surface area contributed by atoms with E-state index in [0.29, 0.717) is 6.07 Å². The molecule has 8 nitrogen and oxygen atoms in total. The third-order valence-corrected chi connectivity index (χ3v) is 5.31. The molecule has 1 amide bonds. The molecule has 3 rings (SSSR count). The van der Waals surface area contributed by atoms with Gasteiger partial charge in [-0.15, -0.1) is 0 Å². The number of aliphatic carboxylic acids is 1. The highest BCUT2D eigenvalue weighted by Gasteiger charge is 2.42. The maximum atomic E-state index is 13.4. The Labute approximate surface area is 215 Å². The number of para-hydroxylation sites is 1. The number of hydrogen-bond donors (Lipinski definition) is 2. The van der Waals surface area contributed by atoms with E-state index >= 15 is 0 Å². The number of carbonyl (C=O) groups excluding carboxylic acids is 3. The topological polar surface area (TPSA) is 119 Å². The molecule has 0 bridgehead atoms. The molecule has 0 aliphatic heterocycles. The van der Waals surface area contributed by atoms with Gasteiger partial charge in [-0.05, 0) is 50.2 Å². The molecular formula is C27H22F3NO7. The van der Waals surface area contributed by atoms with Crippen LogP contribution in [0.15, 0.2) is 72.8 Å². The standard InChI is InChI=1S/C27H22F3NO7/c1-15-7-11-17(12-8-15)25(35)37-21(23(32)31-20-6-4-3-5-19(20)27(28,29)30)22(24(33)34)38-26(36)18-13-9-16(2)10-14-18/h3-14,21-22H,1-2H3,(H,31,32)(H,33,34)/t21-,22+/m1/s1. The van der Waals surface area contributed by atoms with Crippen molar-refractivity contribution < 1.29 is 46.9 Å². The largest absolute Gasteiger partial charge is 0.478 e. The minimum Gasteiger partial charge on any atom is -0.478 e. The Hall–Kier alpha value is -4.67. The van der Waals surface area contributed by atoms with Crippen molar-refractivity contribution in [3.63, 3.8) is 0 Å². The van der Waals surface area contributed by atoms with Crippen molar-refractivity contribution in [2.75, 3.05) is 5.32 Å². The minimum atomic E-state index is -4.86. The first-order valence-electron chi connectivity index (χ1n) is 11.1. The first kappa shape index (κ1) is 27.9. The summed E-state index contributed by atoms with van der Waals surface area (Å²) in [6, 6.07) is 15.6. The van der Waals surface area contributed by atoms with Gasteiger partial charge in [0.15, 0.2) is 0 Å². The van der Waals surface area contributed by atoms with E-state index in [2.05, 4.69) is 0 Å². The van der Waals surface area contributed by atoms with Gasteiger partial charge < -0.3 is 19.9 Å². The molecule has 0 aromatic heterocycles. The quantitative estimate of drug-likeness (QED) is 0.403. The lowest BCUT2D eigenvalue weighted by Crippen LogP contribution is -2.48. The predicted octanol–water partition coefficient (Wildman–Crippen LogP) is 4.80. The van der Waals surface area contributed by atoms with Crippen LogP contribution in [-0.2, 0) is 25.2 Å². The van der Waals surface area contributed by atoms with E-state index in [1.807, 2.05) is 5.32 Å². The van der Waals surface area contributed by atoms with E-state index in [0.717, 1.165) is 23.3 Å². The Kier molecular flexibility index (Phi) is 8.51. The lowest BCUT2D eigenvalue weighted by atomic mass is 10.1. The summed E-state index contributed by atoms with van der Waals surface area (Å²) in [6.07, 6.45) is -9.60. The monoisotopic (exact) mass is 529 g/mol. The fourth-order valence-electron chi connectivity index (χ4n) is 3.28. The van der Waals surface area contributed by atoms with Crippen LogP contribution in [-0.4, -0.2) is 41.1 Å². The van der Waals surface area contributed by atoms with Crippen molar-refractivity contribution >= 4 is 29.5 Å². The van der Waals surface area contributed by atoms with Crippen LogP contribution in [0.2, 0.25) is 0 Å². The zero-order valence-corrected chi connectivity index (χ0v) is 20.1. The molecule has 2 atom stereocenters. The van der Waals surface area contributed by atoms with Crippen LogP contribution in [0.25, 0.3) is 0 Å². The van der Waals surface area contributed by atoms with Gasteiger partial charge in [0, 0.05) is 0 Å². The van der Waals surface area contributed by atoms with E-state index in [1.54, 1.807) is 38.1 Å². The normalized spacial score (nSPS) is 12.7. The van der Waals surface area contributed by atoms with E-state index < -0.39 is 53.5 Å². The van der Waals surface area contributed by atoms with Gasteiger partial charge in [0.1, 0.15) is 0 Å². The molecule has 0 unspecified atom stereocenters. The van der Waals surface area contributed by atoms with E-state index in [4.69, 9.17) is 9.47 Å². The molecule has 0 aliphatic carbocycles. The lowest BCUT2D eigenvalue weighted by Gasteiger charge is -2.24. The highest BCUT2D eigenvalue weighted by molar-refractivity contribution is 6.02. The summed E-state index contributed by atoms with van der Waals surface area (Å²) < 4.78 is 50.5. The summed E-state index contributed by atoms with van der Waals surface area (Å²) in [5, 5.41) is 11.7. The summed E-state index contributed by atoms with van der Waals surface area (Å²) in [5.41, 5.74) is -0.485. The summed E-state index contributed by atoms with van der Waals surface area (Å²) in [5.74, 6) is -5.64. The van der Waals surface area contributed by atoms with Gasteiger partial charge in [-0.25, -0.2) is 14.4 Å². The number of ether oxygens (including phenoxy) is 2. The zero-order chi connectivity index (χ0) is 28.0. The second-order valence-electron chi connectivity index (χ2n) is 8.25. The fourth-order valence-corrected chi connectivity index (χ4v) is 3.28. The van der Waals surface area contributed by atoms with Crippen LogP contribution in [0.5, 0.6) is 0 Å². The van der Waals surface area contributed by atoms with Gasteiger partial charge >= 0.3 is 24.1 Å². The van der Waals surface area contributed by atoms with Crippen LogP contribution in [0.1, 0.15) is 37.4 Å². The number of esters is 2. The van der Waals surface area contributed by atoms with Crippen LogP contribution in [0.3, 0.4) is 0 Å². The Morgan fingerprint density at radius 2 is 1.18 bits per heavy atom. The van der Waals surface area contributed by atoms with Crippen LogP contribution < -0.4 is 5.32 Å². The summed E-state index contributed by atoms with van der Waals surface area (Å²) in [6.45, 7) is 3.49. The molecule has 0 fully saturated rings. The van der Waals surface area contributed by atoms with Crippen molar-refractivity contribution in [2.24, 2.45) is 0 Å². The number of carboxylic acid groups (broad SMARTS) is 1. The third-order valence-electron chi connectivity index (χ3n) is 5.31. The predicted molar refractivity (Wildman–Crippen MR) is 128 cm³/mol. The van der Waals surface area contributed by atoms with Gasteiger partial charge in [-0.1, -0.05) is 47.5 Å². The number of nitrogens with one attached hydrogen (secondary N) is 1. The Morgan fingerprint density at radius 3 is 1.63 bits per heavy atom. The highest BCUT2D eigenvalue weighted by Crippen LogP contribution is 2.34. The van der Waals surface area contributed by atoms with Gasteiger partial charge in [-0.2, -0.15) is 13.2 Å². The first-order valence-corrected chi connectivity index (χ1v) is 11.1. The maximum Gasteiger partial charge on any atom is 0.418 e. The third kappa shape index (κ3) is 6.96. The molecular weight excluding hydrogens is 507 g/mol. The zero-order valence-electron chi connectivity index (χ0n) is 20.1. The Morgan fingerprint density at radius 1 is 0.737 bits per heavy atom. The smallest absolute Gasteiger partial charge is 0.418 e. The van der Waals surface area contributed by atoms with Crippen molar-refractivity contribution in [3.8, 4) is 0 Å². The summed E-state index contributed by atoms with van der Waals surface area (Å²) in [4.78, 5) is 50.6. The van der Waals surface area contributed by atoms with Crippen molar-refractivity contribution in [1.29, 1.82) is 0 Å². The molecule has 0 heterocycles. The van der Waals surface area contributed by atoms with Crippen molar-refractivity contribution in [2.45, 2.75) is 32.2 Å². The lowest BCUT2D eigenvalue weighted by molar-refractivity contribution is -0.157. The van der Waals surface area contributed by atoms with Crippen LogP contribution in [0.4, 0.5) is 18.9 Å². The number of alkyl halides is 3. The van der Waals surface area contributed by atoms with Crippen molar-refractivity contribution in [3.05, 3.63) is 101 Å². The SMILES string of the molecule is Cc1ccc(C(=O)O[C@H](C(=O)O)[C@@H](OC(=O)c2ccc(C)cc2)C(=O)Nc2ccccc2C(F)(F)F)cc1. The second kappa shape index (κ2) is 11.6. The molecule has 11 heteroatoms. The number of amides is 1. The van der Waals surface area contributed by atoms with Gasteiger partial charge in [0.2, 0.25) is 12.2 Å². The number of halogens is 3. The molecule has 3 aromatic rings. The number of rotatable bonds is 8. The van der Waals surface area contributed by atoms with Crippen LogP contribution >= 0.6 is 0 Å². The molecule has 2 N–H and O–H groups in total. The molecule has 0 aliphatic rings. The maximum absolute atomic E-state index is 13.4. The Bertz CT molecular complexity index is 1340. The number of hydrogen-bond acceptors (Lipinski definition) is 6. The number of anilines is 1. The van der Waals surface area contributed by atoms with Crippen LogP contribution in [0, 0.1) is 13.8 Å². The first-order chi connectivity index (χ1) is 17.9. The minimum absolute atomic E-state index is 0.0618. The van der Waals surface area contributed by atoms with E-state index in [-0.39, 0.29) is 11.1 Å². The summed E-state index contributed by atoms with van der Waals surface area (Å²) in [7, 11) is 0. The van der Waals surface area contributed by atoms with Gasteiger partial charge in [0.05, 0.1) is 22.4 Å². The Balaban J connectivity index is 1.97. The fraction of sp³-hybridized carbons (Fsp3) is 0.185. The summed E-state index contributed by atoms with van der Waals surface area (Å²) >= 11 is 0. The number of carboxylic acids is 1. The second-order valence-corrected chi connectivity index (χ2v) is 8.25. The van der Waals surface area contributed by atoms with E-state index in [9.17, 15) is 37.5 Å². The molecule has 198 valence electrons. The number of aryl methyl sites for hydroxylation is 2. The van der Waals surface area contributed by atoms with Gasteiger partial charge in [-0.3, -0.25) is 4.79 Å². The molecule has 0 radical (unpaired) electrons. The van der Waals surface area contributed by atoms with E-state index in [1.165, 1.54) is 30.3 Å². The highest BCUT2D eigenvalue weighted by atomic mass is 19.4. The molecule has 0 spiro atoms. The number of carbonyl (C=O) groups is 4. The molecule has 0 saturated heterocycles. The molecule has 38 heavy (non-hydrogen) atoms. The van der Waals surface area contributed by atoms with Gasteiger partial charge in [0.25, 0.3) is 5.91 Å². The molecule has 3 aromatic carbocycles. The average Bonchev–Trinajstić information content (AvgIpc) is 2.86. The molecule has 0 saturated carbocycles.